The zero-order valence-corrected chi connectivity index (χ0v) is 9.61. The fourth-order valence-corrected chi connectivity index (χ4v) is 1.33. The number of hydrogen-bond donors (Lipinski definition) is 0. The van der Waals surface area contributed by atoms with E-state index in [2.05, 4.69) is 14.9 Å². The van der Waals surface area contributed by atoms with Gasteiger partial charge in [-0.1, -0.05) is 0 Å². The van der Waals surface area contributed by atoms with E-state index in [1.54, 1.807) is 0 Å². The summed E-state index contributed by atoms with van der Waals surface area (Å²) >= 11 is 0. The largest absolute Gasteiger partial charge is 0.465 e. The van der Waals surface area contributed by atoms with Crippen molar-refractivity contribution in [3.8, 4) is 0 Å². The van der Waals surface area contributed by atoms with Gasteiger partial charge in [-0.25, -0.2) is 4.79 Å². The lowest BCUT2D eigenvalue weighted by molar-refractivity contribution is -0.242. The molecular weight excluding hydrogens is 265 g/mol. The van der Waals surface area contributed by atoms with Crippen LogP contribution in [0.25, 0.3) is 0 Å². The molecule has 1 aliphatic rings. The van der Waals surface area contributed by atoms with E-state index in [1.807, 2.05) is 0 Å². The van der Waals surface area contributed by atoms with Crippen molar-refractivity contribution in [3.05, 3.63) is 18.5 Å². The fourth-order valence-electron chi connectivity index (χ4n) is 1.33. The van der Waals surface area contributed by atoms with Crippen LogP contribution in [-0.2, 0) is 9.78 Å². The highest BCUT2D eigenvalue weighted by molar-refractivity contribution is 5.68. The molecule has 1 fully saturated rings. The third kappa shape index (κ3) is 3.25. The maximum Gasteiger partial charge on any atom is 0.465 e. The summed E-state index contributed by atoms with van der Waals surface area (Å²) in [5.74, 6) is 0. The number of aromatic nitrogens is 2. The number of nitrogens with zero attached hydrogens (tertiary/aromatic N) is 2. The Kier molecular flexibility index (Phi) is 2.56. The third-order valence-electron chi connectivity index (χ3n) is 2.57. The number of hydrogen-bond acceptors (Lipinski definition) is 4. The van der Waals surface area contributed by atoms with Crippen LogP contribution in [0.15, 0.2) is 18.5 Å². The predicted octanol–water partition coefficient (Wildman–Crippen LogP) is 2.92. The molecule has 1 aromatic heterocycles. The molecule has 0 unspecified atom stereocenters. The van der Waals surface area contributed by atoms with Gasteiger partial charge < -0.3 is 0 Å². The first-order valence-electron chi connectivity index (χ1n) is 7.35. The molecule has 1 heterocycles. The molecule has 1 aromatic rings. The summed E-state index contributed by atoms with van der Waals surface area (Å²) in [5.41, 5.74) is -2.75. The quantitative estimate of drug-likeness (QED) is 0.615. The van der Waals surface area contributed by atoms with Crippen molar-refractivity contribution in [1.29, 1.82) is 0 Å². The van der Waals surface area contributed by atoms with Crippen LogP contribution in [0, 0.1) is 5.41 Å². The summed E-state index contributed by atoms with van der Waals surface area (Å²) in [6.45, 7) is -1.19. The highest BCUT2D eigenvalue weighted by Crippen LogP contribution is 2.60. The maximum atomic E-state index is 13.0. The van der Waals surface area contributed by atoms with E-state index >= 15 is 0 Å². The van der Waals surface area contributed by atoms with Gasteiger partial charge in [0.15, 0.2) is 0 Å². The van der Waals surface area contributed by atoms with Crippen LogP contribution in [0.4, 0.5) is 18.0 Å². The Morgan fingerprint density at radius 3 is 2.79 bits per heavy atom. The van der Waals surface area contributed by atoms with Crippen molar-refractivity contribution in [2.75, 3.05) is 6.61 Å². The summed E-state index contributed by atoms with van der Waals surface area (Å²) in [5, 5.41) is 3.51. The Bertz CT molecular complexity index is 574. The second-order valence-corrected chi connectivity index (χ2v) is 3.94. The molecule has 2 rings (SSSR count). The van der Waals surface area contributed by atoms with Crippen molar-refractivity contribution in [2.45, 2.75) is 31.8 Å². The lowest BCUT2D eigenvalue weighted by atomic mass is 10.0. The van der Waals surface area contributed by atoms with Gasteiger partial charge in [-0.15, -0.1) is 0 Å². The molecule has 0 spiro atoms. The van der Waals surface area contributed by atoms with Crippen molar-refractivity contribution in [1.82, 2.24) is 9.78 Å². The first kappa shape index (κ1) is 9.35. The highest BCUT2D eigenvalue weighted by atomic mass is 19.4. The van der Waals surface area contributed by atoms with Crippen LogP contribution >= 0.6 is 0 Å². The number of rotatable bonds is 5. The van der Waals surface area contributed by atoms with E-state index in [4.69, 9.17) is 5.48 Å². The Hall–Kier alpha value is -1.57. The van der Waals surface area contributed by atoms with Gasteiger partial charge in [0.05, 0.1) is 12.0 Å². The van der Waals surface area contributed by atoms with Crippen LogP contribution < -0.4 is 0 Å². The van der Waals surface area contributed by atoms with Gasteiger partial charge in [0, 0.05) is 17.9 Å². The van der Waals surface area contributed by atoms with Gasteiger partial charge in [0.1, 0.15) is 0 Å². The molecule has 0 N–H and O–H groups in total. The zero-order chi connectivity index (χ0) is 17.5. The smallest absolute Gasteiger partial charge is 0.274 e. The zero-order valence-electron chi connectivity index (χ0n) is 13.6. The molecule has 0 amide bonds. The minimum Gasteiger partial charge on any atom is -0.274 e. The minimum atomic E-state index is -4.88. The van der Waals surface area contributed by atoms with E-state index < -0.39 is 49.9 Å². The normalized spacial score (nSPS) is 21.8. The Labute approximate surface area is 112 Å². The van der Waals surface area contributed by atoms with Crippen LogP contribution in [0.3, 0.4) is 0 Å². The van der Waals surface area contributed by atoms with E-state index in [9.17, 15) is 18.0 Å². The first-order valence-corrected chi connectivity index (χ1v) is 5.35. The van der Waals surface area contributed by atoms with E-state index in [1.165, 1.54) is 18.5 Å². The van der Waals surface area contributed by atoms with Gasteiger partial charge in [-0.05, 0) is 31.7 Å². The second kappa shape index (κ2) is 5.20. The summed E-state index contributed by atoms with van der Waals surface area (Å²) in [4.78, 5) is 19.9. The molecule has 1 saturated carbocycles. The van der Waals surface area contributed by atoms with Gasteiger partial charge in [0.25, 0.3) is 0 Å². The number of halogens is 3. The predicted molar refractivity (Wildman–Crippen MR) is 57.0 cm³/mol. The van der Waals surface area contributed by atoms with E-state index in [-0.39, 0.29) is 0 Å². The van der Waals surface area contributed by atoms with Crippen LogP contribution in [0.5, 0.6) is 0 Å². The molecule has 0 saturated heterocycles. The summed E-state index contributed by atoms with van der Waals surface area (Å²) in [6, 6.07) is 1.40. The fraction of sp³-hybridized carbons (Fsp3) is 0.636. The Morgan fingerprint density at radius 1 is 1.53 bits per heavy atom. The second-order valence-electron chi connectivity index (χ2n) is 3.94. The molecule has 0 radical (unpaired) electrons. The molecule has 0 aromatic carbocycles. The third-order valence-corrected chi connectivity index (χ3v) is 2.57. The van der Waals surface area contributed by atoms with Crippen molar-refractivity contribution in [2.24, 2.45) is 5.41 Å². The van der Waals surface area contributed by atoms with Crippen LogP contribution in [-0.4, -0.2) is 28.7 Å². The molecule has 0 atom stereocenters. The van der Waals surface area contributed by atoms with Crippen LogP contribution in [0.1, 0.15) is 31.1 Å². The highest BCUT2D eigenvalue weighted by Gasteiger charge is 2.62. The molecule has 1 aliphatic carbocycles. The average molecular weight is 282 g/mol. The molecule has 19 heavy (non-hydrogen) atoms. The van der Waals surface area contributed by atoms with Gasteiger partial charge >= 0.3 is 12.3 Å². The van der Waals surface area contributed by atoms with Crippen molar-refractivity contribution < 1.29 is 33.2 Å². The Balaban J connectivity index is 2.00. The molecule has 0 aliphatic heterocycles. The first-order chi connectivity index (χ1) is 10.4. The SMILES string of the molecule is [2H]C([2H])(COOC(=O)n1cccn1)C([2H])([2H])C1(C(F)(F)F)CC1. The van der Waals surface area contributed by atoms with E-state index in [0.717, 1.165) is 0 Å². The maximum absolute atomic E-state index is 13.0. The number of carbonyl (C=O) groups is 1. The lowest BCUT2D eigenvalue weighted by Crippen LogP contribution is -2.25. The lowest BCUT2D eigenvalue weighted by Gasteiger charge is -2.18. The van der Waals surface area contributed by atoms with E-state index in [0.29, 0.717) is 4.68 Å². The number of carbonyl (C=O) groups excluding carboxylic acids is 1. The minimum absolute atomic E-state index is 0.504. The summed E-state index contributed by atoms with van der Waals surface area (Å²) in [7, 11) is 0. The van der Waals surface area contributed by atoms with Gasteiger partial charge in [-0.3, -0.25) is 4.89 Å². The summed E-state index contributed by atoms with van der Waals surface area (Å²) in [6.07, 6.45) is -10.8. The van der Waals surface area contributed by atoms with Crippen molar-refractivity contribution in [3.63, 3.8) is 0 Å². The van der Waals surface area contributed by atoms with Crippen molar-refractivity contribution >= 4 is 6.09 Å². The number of alkyl halides is 3. The van der Waals surface area contributed by atoms with Gasteiger partial charge in [-0.2, -0.15) is 27.8 Å². The van der Waals surface area contributed by atoms with Gasteiger partial charge in [0.2, 0.25) is 0 Å². The Morgan fingerprint density at radius 2 is 2.26 bits per heavy atom. The average Bonchev–Trinajstić information content (AvgIpc) is 3.08. The standard InChI is InChI=1S/C11H13F3N2O3/c12-11(13,14)10(4-5-10)3-1-8-18-19-9(17)16-7-2-6-15-16/h2,6-7H,1,3-5,8H2/i1D2,3D2. The molecule has 8 heteroatoms. The molecular formula is C11H13F3N2O3. The topological polar surface area (TPSA) is 53.4 Å². The molecule has 106 valence electrons. The summed E-state index contributed by atoms with van der Waals surface area (Å²) < 4.78 is 70.1. The molecule has 5 nitrogen and oxygen atoms in total. The molecule has 0 bridgehead atoms. The van der Waals surface area contributed by atoms with Crippen LogP contribution in [0.2, 0.25) is 0 Å². The monoisotopic (exact) mass is 282 g/mol.